The second-order valence-corrected chi connectivity index (χ2v) is 1.91. The van der Waals surface area contributed by atoms with Crippen LogP contribution >= 0.6 is 0 Å². The minimum Gasteiger partial charge on any atom is -0.261 e. The van der Waals surface area contributed by atoms with E-state index in [2.05, 4.69) is 18.0 Å². The van der Waals surface area contributed by atoms with Crippen LogP contribution in [0.3, 0.4) is 0 Å². The van der Waals surface area contributed by atoms with Crippen LogP contribution in [0.25, 0.3) is 0 Å². The van der Waals surface area contributed by atoms with Crippen LogP contribution in [-0.4, -0.2) is 4.98 Å². The quantitative estimate of drug-likeness (QED) is 0.583. The number of rotatable bonds is 0. The van der Waals surface area contributed by atoms with Crippen LogP contribution in [0, 0.1) is 13.8 Å². The molecule has 1 aromatic heterocycles. The maximum atomic E-state index is 4.08. The molecular weight excluding hydrogens is 170 g/mol. The lowest BCUT2D eigenvalue weighted by molar-refractivity contribution is 1.15. The smallest absolute Gasteiger partial charge is 0.0401 e. The molecular formula is C13H27N. The second-order valence-electron chi connectivity index (χ2n) is 1.91. The SMILES string of the molecule is CC.CC.CC.Cc1cccnc1C. The van der Waals surface area contributed by atoms with Crippen molar-refractivity contribution in [2.45, 2.75) is 55.4 Å². The highest BCUT2D eigenvalue weighted by atomic mass is 14.6. The van der Waals surface area contributed by atoms with E-state index in [0.717, 1.165) is 5.69 Å². The number of nitrogens with zero attached hydrogens (tertiary/aromatic N) is 1. The van der Waals surface area contributed by atoms with Crippen molar-refractivity contribution < 1.29 is 0 Å². The highest BCUT2D eigenvalue weighted by Crippen LogP contribution is 1.98. The monoisotopic (exact) mass is 197 g/mol. The van der Waals surface area contributed by atoms with Gasteiger partial charge in [-0.3, -0.25) is 4.98 Å². The van der Waals surface area contributed by atoms with Gasteiger partial charge < -0.3 is 0 Å². The van der Waals surface area contributed by atoms with E-state index in [1.807, 2.05) is 60.7 Å². The van der Waals surface area contributed by atoms with E-state index in [4.69, 9.17) is 0 Å². The maximum absolute atomic E-state index is 4.08. The van der Waals surface area contributed by atoms with Crippen LogP contribution in [0.5, 0.6) is 0 Å². The van der Waals surface area contributed by atoms with E-state index in [0.29, 0.717) is 0 Å². The van der Waals surface area contributed by atoms with Crippen LogP contribution < -0.4 is 0 Å². The first-order valence-electron chi connectivity index (χ1n) is 5.69. The van der Waals surface area contributed by atoms with Crippen molar-refractivity contribution in [2.24, 2.45) is 0 Å². The lowest BCUT2D eigenvalue weighted by Gasteiger charge is -1.92. The molecule has 0 aromatic carbocycles. The molecule has 0 N–H and O–H groups in total. The number of aryl methyl sites for hydroxylation is 2. The lowest BCUT2D eigenvalue weighted by atomic mass is 10.2. The average Bonchev–Trinajstić information content (AvgIpc) is 2.31. The number of pyridine rings is 1. The molecule has 14 heavy (non-hydrogen) atoms. The Kier molecular flexibility index (Phi) is 24.3. The molecule has 0 atom stereocenters. The molecule has 0 bridgehead atoms. The summed E-state index contributed by atoms with van der Waals surface area (Å²) in [5, 5.41) is 0. The molecule has 0 spiro atoms. The summed E-state index contributed by atoms with van der Waals surface area (Å²) in [7, 11) is 0. The summed E-state index contributed by atoms with van der Waals surface area (Å²) in [6.07, 6.45) is 1.81. The number of aromatic nitrogens is 1. The zero-order valence-electron chi connectivity index (χ0n) is 11.2. The van der Waals surface area contributed by atoms with Crippen LogP contribution in [0.4, 0.5) is 0 Å². The first-order valence-corrected chi connectivity index (χ1v) is 5.69. The van der Waals surface area contributed by atoms with Gasteiger partial charge in [0.05, 0.1) is 0 Å². The van der Waals surface area contributed by atoms with Crippen molar-refractivity contribution >= 4 is 0 Å². The summed E-state index contributed by atoms with van der Waals surface area (Å²) >= 11 is 0. The third-order valence-corrected chi connectivity index (χ3v) is 1.27. The van der Waals surface area contributed by atoms with Crippen molar-refractivity contribution in [3.05, 3.63) is 29.6 Å². The molecule has 1 nitrogen and oxygen atoms in total. The van der Waals surface area contributed by atoms with Gasteiger partial charge >= 0.3 is 0 Å². The van der Waals surface area contributed by atoms with Crippen LogP contribution in [0.2, 0.25) is 0 Å². The van der Waals surface area contributed by atoms with Crippen LogP contribution in [0.15, 0.2) is 18.3 Å². The van der Waals surface area contributed by atoms with Crippen molar-refractivity contribution in [3.63, 3.8) is 0 Å². The van der Waals surface area contributed by atoms with Crippen molar-refractivity contribution in [1.82, 2.24) is 4.98 Å². The van der Waals surface area contributed by atoms with Gasteiger partial charge in [-0.15, -0.1) is 0 Å². The summed E-state index contributed by atoms with van der Waals surface area (Å²) in [4.78, 5) is 4.08. The summed E-state index contributed by atoms with van der Waals surface area (Å²) < 4.78 is 0. The van der Waals surface area contributed by atoms with Crippen molar-refractivity contribution in [2.75, 3.05) is 0 Å². The molecule has 0 radical (unpaired) electrons. The Morgan fingerprint density at radius 3 is 1.50 bits per heavy atom. The fraction of sp³-hybridized carbons (Fsp3) is 0.615. The molecule has 0 aliphatic heterocycles. The van der Waals surface area contributed by atoms with E-state index >= 15 is 0 Å². The van der Waals surface area contributed by atoms with Crippen LogP contribution in [0.1, 0.15) is 52.8 Å². The van der Waals surface area contributed by atoms with Gasteiger partial charge in [0.1, 0.15) is 0 Å². The van der Waals surface area contributed by atoms with Gasteiger partial charge in [0.2, 0.25) is 0 Å². The van der Waals surface area contributed by atoms with Gasteiger partial charge in [0, 0.05) is 11.9 Å². The Morgan fingerprint density at radius 2 is 1.29 bits per heavy atom. The Balaban J connectivity index is -0.000000174. The van der Waals surface area contributed by atoms with Crippen molar-refractivity contribution in [1.29, 1.82) is 0 Å². The first-order chi connectivity index (χ1) is 6.80. The third kappa shape index (κ3) is 11.2. The third-order valence-electron chi connectivity index (χ3n) is 1.27. The van der Waals surface area contributed by atoms with Gasteiger partial charge in [-0.05, 0) is 25.5 Å². The minimum absolute atomic E-state index is 1.12. The molecule has 0 saturated heterocycles. The molecule has 0 aliphatic rings. The highest BCUT2D eigenvalue weighted by molar-refractivity contribution is 5.15. The number of hydrogen-bond donors (Lipinski definition) is 0. The number of hydrogen-bond acceptors (Lipinski definition) is 1. The van der Waals surface area contributed by atoms with E-state index in [1.165, 1.54) is 5.56 Å². The molecule has 0 saturated carbocycles. The molecule has 0 unspecified atom stereocenters. The van der Waals surface area contributed by atoms with E-state index in [9.17, 15) is 0 Å². The van der Waals surface area contributed by atoms with Gasteiger partial charge in [0.25, 0.3) is 0 Å². The topological polar surface area (TPSA) is 12.9 Å². The van der Waals surface area contributed by atoms with E-state index in [1.54, 1.807) is 0 Å². The largest absolute Gasteiger partial charge is 0.261 e. The molecule has 1 heterocycles. The van der Waals surface area contributed by atoms with Gasteiger partial charge in [-0.1, -0.05) is 47.6 Å². The van der Waals surface area contributed by atoms with Gasteiger partial charge in [-0.2, -0.15) is 0 Å². The van der Waals surface area contributed by atoms with Crippen molar-refractivity contribution in [3.8, 4) is 0 Å². The normalized spacial score (nSPS) is 6.57. The average molecular weight is 197 g/mol. The first kappa shape index (κ1) is 18.8. The predicted molar refractivity (Wildman–Crippen MR) is 67.8 cm³/mol. The van der Waals surface area contributed by atoms with Gasteiger partial charge in [0.15, 0.2) is 0 Å². The standard InChI is InChI=1S/C7H9N.3C2H6/c1-6-4-3-5-8-7(6)2;3*1-2/h3-5H,1-2H3;3*1-2H3. The molecule has 0 aliphatic carbocycles. The molecule has 1 aromatic rings. The Bertz CT molecular complexity index is 161. The zero-order valence-corrected chi connectivity index (χ0v) is 11.2. The summed E-state index contributed by atoms with van der Waals surface area (Å²) in [6.45, 7) is 16.1. The lowest BCUT2D eigenvalue weighted by Crippen LogP contribution is -1.81. The zero-order chi connectivity index (χ0) is 12.0. The minimum atomic E-state index is 1.12. The molecule has 0 amide bonds. The summed E-state index contributed by atoms with van der Waals surface area (Å²) in [5.41, 5.74) is 2.38. The molecule has 84 valence electrons. The summed E-state index contributed by atoms with van der Waals surface area (Å²) in [5.74, 6) is 0. The Hall–Kier alpha value is -0.850. The fourth-order valence-electron chi connectivity index (χ4n) is 0.565. The highest BCUT2D eigenvalue weighted by Gasteiger charge is 1.85. The van der Waals surface area contributed by atoms with Crippen LogP contribution in [-0.2, 0) is 0 Å². The Labute approximate surface area is 90.6 Å². The predicted octanol–water partition coefficient (Wildman–Crippen LogP) is 4.78. The molecule has 1 heteroatoms. The fourth-order valence-corrected chi connectivity index (χ4v) is 0.565. The second kappa shape index (κ2) is 18.0. The Morgan fingerprint density at radius 1 is 0.857 bits per heavy atom. The van der Waals surface area contributed by atoms with Gasteiger partial charge in [-0.25, -0.2) is 0 Å². The molecule has 0 fully saturated rings. The molecule has 1 rings (SSSR count). The summed E-state index contributed by atoms with van der Waals surface area (Å²) in [6, 6.07) is 4.00. The maximum Gasteiger partial charge on any atom is 0.0401 e. The van der Waals surface area contributed by atoms with E-state index in [-0.39, 0.29) is 0 Å². The van der Waals surface area contributed by atoms with E-state index < -0.39 is 0 Å².